The van der Waals surface area contributed by atoms with Crippen molar-refractivity contribution < 1.29 is 14.3 Å². The Kier molecular flexibility index (Phi) is 3.03. The number of fused-ring (bicyclic) bond motifs is 2. The van der Waals surface area contributed by atoms with Crippen molar-refractivity contribution in [2.24, 2.45) is 0 Å². The van der Waals surface area contributed by atoms with Gasteiger partial charge in [-0.05, 0) is 40.0 Å². The van der Waals surface area contributed by atoms with Gasteiger partial charge in [0.05, 0.1) is 7.11 Å². The van der Waals surface area contributed by atoms with Crippen molar-refractivity contribution in [3.63, 3.8) is 0 Å². The number of piperidine rings is 1. The van der Waals surface area contributed by atoms with E-state index in [1.807, 2.05) is 20.8 Å². The van der Waals surface area contributed by atoms with Crippen molar-refractivity contribution in [2.45, 2.75) is 63.6 Å². The van der Waals surface area contributed by atoms with Gasteiger partial charge in [-0.25, -0.2) is 4.79 Å². The minimum Gasteiger partial charge on any atom is -0.483 e. The lowest BCUT2D eigenvalue weighted by atomic mass is 9.68. The first-order valence-electron chi connectivity index (χ1n) is 6.45. The second kappa shape index (κ2) is 4.14. The minimum atomic E-state index is -0.542. The van der Waals surface area contributed by atoms with Crippen LogP contribution in [0.5, 0.6) is 0 Å². The third-order valence-corrected chi connectivity index (χ3v) is 3.74. The summed E-state index contributed by atoms with van der Waals surface area (Å²) in [4.78, 5) is 13.9. The van der Waals surface area contributed by atoms with Crippen LogP contribution in [0.3, 0.4) is 0 Å². The highest BCUT2D eigenvalue weighted by atomic mass is 16.6. The second-order valence-corrected chi connectivity index (χ2v) is 6.17. The highest BCUT2D eigenvalue weighted by Gasteiger charge is 2.61. The molecule has 2 unspecified atom stereocenters. The summed E-state index contributed by atoms with van der Waals surface area (Å²) < 4.78 is 10.5. The molecular formula is C13H22N2O3. The summed E-state index contributed by atoms with van der Waals surface area (Å²) in [6, 6.07) is 0.212. The zero-order valence-electron chi connectivity index (χ0n) is 11.6. The molecule has 5 nitrogen and oxygen atoms in total. The van der Waals surface area contributed by atoms with Gasteiger partial charge in [0.25, 0.3) is 0 Å². The summed E-state index contributed by atoms with van der Waals surface area (Å²) in [6.07, 6.45) is 3.35. The third kappa shape index (κ3) is 1.95. The van der Waals surface area contributed by atoms with Crippen molar-refractivity contribution in [1.29, 1.82) is 5.41 Å². The smallest absolute Gasteiger partial charge is 0.411 e. The largest absolute Gasteiger partial charge is 0.483 e. The fourth-order valence-corrected chi connectivity index (χ4v) is 3.04. The Morgan fingerprint density at radius 3 is 2.61 bits per heavy atom. The maximum absolute atomic E-state index is 12.2. The Morgan fingerprint density at radius 1 is 1.44 bits per heavy atom. The van der Waals surface area contributed by atoms with Gasteiger partial charge >= 0.3 is 6.09 Å². The van der Waals surface area contributed by atoms with Crippen molar-refractivity contribution in [3.05, 3.63) is 0 Å². The van der Waals surface area contributed by atoms with E-state index in [1.165, 1.54) is 7.11 Å². The Hall–Kier alpha value is -1.26. The van der Waals surface area contributed by atoms with E-state index in [-0.39, 0.29) is 18.0 Å². The second-order valence-electron chi connectivity index (χ2n) is 6.17. The summed E-state index contributed by atoms with van der Waals surface area (Å²) in [5, 5.41) is 7.95. The highest BCUT2D eigenvalue weighted by Crippen LogP contribution is 2.48. The Balaban J connectivity index is 2.16. The molecule has 3 fully saturated rings. The molecule has 0 aromatic heterocycles. The van der Waals surface area contributed by atoms with E-state index in [4.69, 9.17) is 14.9 Å². The molecule has 5 heteroatoms. The van der Waals surface area contributed by atoms with Crippen molar-refractivity contribution >= 4 is 12.0 Å². The van der Waals surface area contributed by atoms with E-state index < -0.39 is 11.1 Å². The maximum atomic E-state index is 12.2. The van der Waals surface area contributed by atoms with E-state index in [1.54, 1.807) is 4.90 Å². The zero-order valence-corrected chi connectivity index (χ0v) is 11.6. The van der Waals surface area contributed by atoms with E-state index >= 15 is 0 Å². The molecule has 2 bridgehead atoms. The SMILES string of the molecule is COC(=N)C12CCCC(C1)N2C(=O)OC(C)(C)C. The number of carbonyl (C=O) groups excluding carboxylic acids is 1. The molecule has 0 aromatic carbocycles. The molecule has 1 aliphatic carbocycles. The van der Waals surface area contributed by atoms with Gasteiger partial charge in [0.2, 0.25) is 5.90 Å². The minimum absolute atomic E-state index is 0.185. The molecule has 102 valence electrons. The quantitative estimate of drug-likeness (QED) is 0.577. The van der Waals surface area contributed by atoms with Crippen LogP contribution < -0.4 is 0 Å². The number of rotatable bonds is 1. The van der Waals surface area contributed by atoms with Crippen LogP contribution >= 0.6 is 0 Å². The summed E-state index contributed by atoms with van der Waals surface area (Å²) >= 11 is 0. The number of hydrogen-bond acceptors (Lipinski definition) is 4. The fourth-order valence-electron chi connectivity index (χ4n) is 3.04. The Bertz CT molecular complexity index is 371. The number of nitrogens with zero attached hydrogens (tertiary/aromatic N) is 1. The Morgan fingerprint density at radius 2 is 2.11 bits per heavy atom. The predicted molar refractivity (Wildman–Crippen MR) is 67.8 cm³/mol. The van der Waals surface area contributed by atoms with E-state index in [9.17, 15) is 4.79 Å². The molecule has 1 amide bonds. The van der Waals surface area contributed by atoms with Gasteiger partial charge in [0.1, 0.15) is 11.1 Å². The zero-order chi connectivity index (χ0) is 13.6. The molecule has 1 N–H and O–H groups in total. The fraction of sp³-hybridized carbons (Fsp3) is 0.846. The Labute approximate surface area is 108 Å². The number of carbonyl (C=O) groups is 1. The number of hydrogen-bond donors (Lipinski definition) is 1. The van der Waals surface area contributed by atoms with Crippen molar-refractivity contribution in [2.75, 3.05) is 7.11 Å². The van der Waals surface area contributed by atoms with E-state index in [0.29, 0.717) is 0 Å². The molecule has 2 aliphatic heterocycles. The summed E-state index contributed by atoms with van der Waals surface area (Å²) in [5.41, 5.74) is -1.04. The summed E-state index contributed by atoms with van der Waals surface area (Å²) in [7, 11) is 1.49. The van der Waals surface area contributed by atoms with E-state index in [2.05, 4.69) is 0 Å². The van der Waals surface area contributed by atoms with E-state index in [0.717, 1.165) is 25.7 Å². The van der Waals surface area contributed by atoms with Gasteiger partial charge in [0.15, 0.2) is 0 Å². The third-order valence-electron chi connectivity index (χ3n) is 3.74. The van der Waals surface area contributed by atoms with Gasteiger partial charge in [-0.2, -0.15) is 0 Å². The molecule has 2 saturated heterocycles. The maximum Gasteiger partial charge on any atom is 0.411 e. The van der Waals surface area contributed by atoms with Crippen LogP contribution in [0, 0.1) is 5.41 Å². The molecule has 3 rings (SSSR count). The van der Waals surface area contributed by atoms with Gasteiger partial charge in [-0.15, -0.1) is 0 Å². The van der Waals surface area contributed by atoms with Gasteiger partial charge < -0.3 is 9.47 Å². The molecule has 2 heterocycles. The molecule has 1 saturated carbocycles. The lowest BCUT2D eigenvalue weighted by molar-refractivity contribution is -0.0839. The predicted octanol–water partition coefficient (Wildman–Crippen LogP) is 2.54. The van der Waals surface area contributed by atoms with Crippen molar-refractivity contribution in [1.82, 2.24) is 4.90 Å². The van der Waals surface area contributed by atoms with Crippen LogP contribution in [-0.2, 0) is 9.47 Å². The topological polar surface area (TPSA) is 62.6 Å². The van der Waals surface area contributed by atoms with Crippen LogP contribution in [0.2, 0.25) is 0 Å². The average Bonchev–Trinajstić information content (AvgIpc) is 2.25. The average molecular weight is 254 g/mol. The molecule has 0 spiro atoms. The first-order valence-corrected chi connectivity index (χ1v) is 6.45. The molecule has 3 aliphatic rings. The molecular weight excluding hydrogens is 232 g/mol. The molecule has 0 aromatic rings. The number of methoxy groups -OCH3 is 1. The molecule has 18 heavy (non-hydrogen) atoms. The van der Waals surface area contributed by atoms with Crippen LogP contribution in [0.1, 0.15) is 46.5 Å². The lowest BCUT2D eigenvalue weighted by Gasteiger charge is -2.60. The highest BCUT2D eigenvalue weighted by molar-refractivity contribution is 5.90. The van der Waals surface area contributed by atoms with Gasteiger partial charge in [-0.1, -0.05) is 0 Å². The van der Waals surface area contributed by atoms with Crippen LogP contribution in [0.25, 0.3) is 0 Å². The molecule has 2 atom stereocenters. The van der Waals surface area contributed by atoms with Crippen molar-refractivity contribution in [3.8, 4) is 0 Å². The van der Waals surface area contributed by atoms with Crippen LogP contribution in [0.4, 0.5) is 4.79 Å². The normalized spacial score (nSPS) is 30.4. The summed E-state index contributed by atoms with van der Waals surface area (Å²) in [6.45, 7) is 5.57. The van der Waals surface area contributed by atoms with Gasteiger partial charge in [0, 0.05) is 12.5 Å². The molecule has 0 radical (unpaired) electrons. The standard InChI is InChI=1S/C13H22N2O3/c1-12(2,3)18-11(16)15-9-6-5-7-13(15,8-9)10(14)17-4/h9,14H,5-8H2,1-4H3. The number of amides is 1. The van der Waals surface area contributed by atoms with Gasteiger partial charge in [-0.3, -0.25) is 10.3 Å². The summed E-state index contributed by atoms with van der Waals surface area (Å²) in [5.74, 6) is 0.185. The monoisotopic (exact) mass is 254 g/mol. The first kappa shape index (κ1) is 13.2. The van der Waals surface area contributed by atoms with Crippen LogP contribution in [0.15, 0.2) is 0 Å². The first-order chi connectivity index (χ1) is 8.30. The lowest BCUT2D eigenvalue weighted by Crippen LogP contribution is -2.74. The van der Waals surface area contributed by atoms with Crippen LogP contribution in [-0.4, -0.2) is 41.2 Å². The number of nitrogens with one attached hydrogen (secondary N) is 1. The number of ether oxygens (including phenoxy) is 2.